The van der Waals surface area contributed by atoms with Gasteiger partial charge in [0.2, 0.25) is 11.8 Å². The van der Waals surface area contributed by atoms with E-state index < -0.39 is 17.8 Å². The average Bonchev–Trinajstić information content (AvgIpc) is 3.36. The predicted octanol–water partition coefficient (Wildman–Crippen LogP) is 3.07. The van der Waals surface area contributed by atoms with E-state index in [1.165, 1.54) is 12.1 Å². The Bertz CT molecular complexity index is 735. The summed E-state index contributed by atoms with van der Waals surface area (Å²) in [5, 5.41) is 2.78. The number of benzene rings is 1. The third-order valence-electron chi connectivity index (χ3n) is 5.33. The fourth-order valence-corrected chi connectivity index (χ4v) is 3.71. The molecule has 3 rings (SSSR count). The summed E-state index contributed by atoms with van der Waals surface area (Å²) in [7, 11) is 0. The number of ether oxygens (including phenoxy) is 2. The van der Waals surface area contributed by atoms with Crippen LogP contribution in [0.3, 0.4) is 0 Å². The van der Waals surface area contributed by atoms with Crippen LogP contribution in [0.4, 0.5) is 13.2 Å². The van der Waals surface area contributed by atoms with Crippen LogP contribution >= 0.6 is 0 Å². The summed E-state index contributed by atoms with van der Waals surface area (Å²) >= 11 is 0. The second-order valence-corrected chi connectivity index (χ2v) is 7.65. The lowest BCUT2D eigenvalue weighted by Gasteiger charge is -2.26. The van der Waals surface area contributed by atoms with Crippen LogP contribution in [0.1, 0.15) is 49.3 Å². The molecule has 30 heavy (non-hydrogen) atoms. The quantitative estimate of drug-likeness (QED) is 0.614. The first kappa shape index (κ1) is 22.6. The molecule has 1 aromatic carbocycles. The third-order valence-corrected chi connectivity index (χ3v) is 5.33. The van der Waals surface area contributed by atoms with E-state index in [1.54, 1.807) is 4.90 Å². The lowest BCUT2D eigenvalue weighted by atomic mass is 10.0. The molecule has 0 aromatic heterocycles. The van der Waals surface area contributed by atoms with Gasteiger partial charge in [0.15, 0.2) is 0 Å². The van der Waals surface area contributed by atoms with Gasteiger partial charge >= 0.3 is 6.18 Å². The Labute approximate surface area is 173 Å². The number of rotatable bonds is 9. The fourth-order valence-electron chi connectivity index (χ4n) is 3.71. The molecule has 166 valence electrons. The number of likely N-dealkylation sites (tertiary alicyclic amines) is 1. The SMILES string of the molecule is O=C(CCOCC1CCCO1)NC(CN1CCCC1=O)c1cccc(C(F)(F)F)c1. The van der Waals surface area contributed by atoms with Gasteiger partial charge < -0.3 is 19.7 Å². The number of nitrogens with zero attached hydrogens (tertiary/aromatic N) is 1. The van der Waals surface area contributed by atoms with E-state index in [4.69, 9.17) is 9.47 Å². The zero-order valence-electron chi connectivity index (χ0n) is 16.7. The minimum Gasteiger partial charge on any atom is -0.378 e. The molecule has 2 saturated heterocycles. The molecule has 2 atom stereocenters. The molecule has 0 bridgehead atoms. The van der Waals surface area contributed by atoms with Crippen molar-refractivity contribution in [1.29, 1.82) is 0 Å². The second-order valence-electron chi connectivity index (χ2n) is 7.65. The number of carbonyl (C=O) groups excluding carboxylic acids is 2. The number of hydrogen-bond acceptors (Lipinski definition) is 4. The van der Waals surface area contributed by atoms with Crippen LogP contribution in [-0.2, 0) is 25.2 Å². The molecule has 9 heteroatoms. The van der Waals surface area contributed by atoms with Crippen LogP contribution in [0.25, 0.3) is 0 Å². The Balaban J connectivity index is 1.60. The van der Waals surface area contributed by atoms with Crippen LogP contribution in [0.15, 0.2) is 24.3 Å². The maximum Gasteiger partial charge on any atom is 0.416 e. The van der Waals surface area contributed by atoms with Crippen LogP contribution in [0.5, 0.6) is 0 Å². The number of halogens is 3. The van der Waals surface area contributed by atoms with Gasteiger partial charge in [0.05, 0.1) is 30.9 Å². The summed E-state index contributed by atoms with van der Waals surface area (Å²) < 4.78 is 50.3. The molecular formula is C21H27F3N2O4. The first-order valence-corrected chi connectivity index (χ1v) is 10.3. The topological polar surface area (TPSA) is 67.9 Å². The highest BCUT2D eigenvalue weighted by Gasteiger charge is 2.32. The first-order chi connectivity index (χ1) is 14.3. The highest BCUT2D eigenvalue weighted by Crippen LogP contribution is 2.31. The summed E-state index contributed by atoms with van der Waals surface area (Å²) in [4.78, 5) is 26.0. The monoisotopic (exact) mass is 428 g/mol. The summed E-state index contributed by atoms with van der Waals surface area (Å²) in [5.74, 6) is -0.391. The number of alkyl halides is 3. The molecule has 2 amide bonds. The van der Waals surface area contributed by atoms with E-state index in [1.807, 2.05) is 0 Å². The van der Waals surface area contributed by atoms with E-state index in [-0.39, 0.29) is 37.5 Å². The Morgan fingerprint density at radius 3 is 2.83 bits per heavy atom. The largest absolute Gasteiger partial charge is 0.416 e. The maximum atomic E-state index is 13.1. The maximum absolute atomic E-state index is 13.1. The molecular weight excluding hydrogens is 401 g/mol. The van der Waals surface area contributed by atoms with Crippen LogP contribution < -0.4 is 5.32 Å². The highest BCUT2D eigenvalue weighted by molar-refractivity contribution is 5.79. The summed E-state index contributed by atoms with van der Waals surface area (Å²) in [5.41, 5.74) is -0.468. The van der Waals surface area contributed by atoms with Crippen molar-refractivity contribution in [1.82, 2.24) is 10.2 Å². The molecule has 1 N–H and O–H groups in total. The lowest BCUT2D eigenvalue weighted by Crippen LogP contribution is -2.39. The molecule has 2 aliphatic heterocycles. The molecule has 0 saturated carbocycles. The second kappa shape index (κ2) is 10.3. The molecule has 2 fully saturated rings. The summed E-state index contributed by atoms with van der Waals surface area (Å²) in [6.45, 7) is 2.02. The van der Waals surface area contributed by atoms with Gasteiger partial charge in [-0.15, -0.1) is 0 Å². The smallest absolute Gasteiger partial charge is 0.378 e. The van der Waals surface area contributed by atoms with Crippen molar-refractivity contribution in [3.05, 3.63) is 35.4 Å². The van der Waals surface area contributed by atoms with Gasteiger partial charge in [0.1, 0.15) is 0 Å². The minimum atomic E-state index is -4.48. The van der Waals surface area contributed by atoms with Crippen molar-refractivity contribution >= 4 is 11.8 Å². The van der Waals surface area contributed by atoms with E-state index in [0.717, 1.165) is 31.6 Å². The fraction of sp³-hybridized carbons (Fsp3) is 0.619. The molecule has 0 aliphatic carbocycles. The Hall–Kier alpha value is -2.13. The number of carbonyl (C=O) groups is 2. The molecule has 1 aromatic rings. The molecule has 0 spiro atoms. The Morgan fingerprint density at radius 2 is 2.17 bits per heavy atom. The molecule has 0 radical (unpaired) electrons. The van der Waals surface area contributed by atoms with Crippen molar-refractivity contribution < 1.29 is 32.2 Å². The van der Waals surface area contributed by atoms with E-state index in [2.05, 4.69) is 5.32 Å². The standard InChI is InChI=1S/C21H27F3N2O4/c22-21(23,24)16-5-1-4-15(12-16)18(13-26-9-2-7-20(26)28)25-19(27)8-11-29-14-17-6-3-10-30-17/h1,4-5,12,17-18H,2-3,6-11,13-14H2,(H,25,27). The van der Waals surface area contributed by atoms with Gasteiger partial charge in [-0.2, -0.15) is 13.2 Å². The van der Waals surface area contributed by atoms with Gasteiger partial charge in [0.25, 0.3) is 0 Å². The normalized spacial score (nSPS) is 20.6. The number of hydrogen-bond donors (Lipinski definition) is 1. The Kier molecular flexibility index (Phi) is 7.71. The van der Waals surface area contributed by atoms with Gasteiger partial charge in [-0.3, -0.25) is 9.59 Å². The summed E-state index contributed by atoms with van der Waals surface area (Å²) in [6.07, 6.45) is -1.28. The van der Waals surface area contributed by atoms with Crippen LogP contribution in [-0.4, -0.2) is 55.7 Å². The summed E-state index contributed by atoms with van der Waals surface area (Å²) in [6, 6.07) is 4.14. The minimum absolute atomic E-state index is 0.0545. The number of amides is 2. The molecule has 2 unspecified atom stereocenters. The van der Waals surface area contributed by atoms with Crippen molar-refractivity contribution in [3.63, 3.8) is 0 Å². The van der Waals surface area contributed by atoms with Crippen molar-refractivity contribution in [2.45, 2.75) is 50.4 Å². The van der Waals surface area contributed by atoms with Gasteiger partial charge in [-0.05, 0) is 37.0 Å². The highest BCUT2D eigenvalue weighted by atomic mass is 19.4. The molecule has 2 heterocycles. The van der Waals surface area contributed by atoms with Crippen LogP contribution in [0, 0.1) is 0 Å². The third kappa shape index (κ3) is 6.43. The molecule has 6 nitrogen and oxygen atoms in total. The first-order valence-electron chi connectivity index (χ1n) is 10.3. The zero-order chi connectivity index (χ0) is 21.6. The zero-order valence-corrected chi connectivity index (χ0v) is 16.7. The van der Waals surface area contributed by atoms with Gasteiger partial charge in [0, 0.05) is 32.5 Å². The van der Waals surface area contributed by atoms with Crippen molar-refractivity contribution in [2.75, 3.05) is 32.9 Å². The van der Waals surface area contributed by atoms with E-state index >= 15 is 0 Å². The lowest BCUT2D eigenvalue weighted by molar-refractivity contribution is -0.137. The van der Waals surface area contributed by atoms with Crippen LogP contribution in [0.2, 0.25) is 0 Å². The van der Waals surface area contributed by atoms with Crippen molar-refractivity contribution in [3.8, 4) is 0 Å². The van der Waals surface area contributed by atoms with Crippen molar-refractivity contribution in [2.24, 2.45) is 0 Å². The van der Waals surface area contributed by atoms with E-state index in [9.17, 15) is 22.8 Å². The van der Waals surface area contributed by atoms with Gasteiger partial charge in [-0.25, -0.2) is 0 Å². The molecule has 2 aliphatic rings. The average molecular weight is 428 g/mol. The van der Waals surface area contributed by atoms with E-state index in [0.29, 0.717) is 31.6 Å². The Morgan fingerprint density at radius 1 is 1.33 bits per heavy atom. The predicted molar refractivity (Wildman–Crippen MR) is 103 cm³/mol. The number of nitrogens with one attached hydrogen (secondary N) is 1. The van der Waals surface area contributed by atoms with Gasteiger partial charge in [-0.1, -0.05) is 12.1 Å².